The molecule has 1 unspecified atom stereocenters. The molecule has 0 spiro atoms. The van der Waals surface area contributed by atoms with Gasteiger partial charge in [-0.15, -0.1) is 0 Å². The molecule has 1 aliphatic rings. The maximum Gasteiger partial charge on any atom is 0.251 e. The zero-order valence-electron chi connectivity index (χ0n) is 18.7. The highest BCUT2D eigenvalue weighted by Gasteiger charge is 2.29. The molecule has 0 saturated carbocycles. The van der Waals surface area contributed by atoms with Crippen LogP contribution in [0, 0.1) is 0 Å². The number of aryl methyl sites for hydroxylation is 1. The molecule has 0 aromatic heterocycles. The van der Waals surface area contributed by atoms with E-state index in [1.54, 1.807) is 37.4 Å². The van der Waals surface area contributed by atoms with Crippen molar-refractivity contribution in [3.05, 3.63) is 81.5 Å². The van der Waals surface area contributed by atoms with Gasteiger partial charge in [0.25, 0.3) is 5.91 Å². The first-order valence-corrected chi connectivity index (χ1v) is 10.5. The second-order valence-electron chi connectivity index (χ2n) is 7.71. The summed E-state index contributed by atoms with van der Waals surface area (Å²) in [5, 5.41) is 13.2. The molecule has 0 bridgehead atoms. The Labute approximate surface area is 191 Å². The van der Waals surface area contributed by atoms with E-state index < -0.39 is 11.5 Å². The van der Waals surface area contributed by atoms with Crippen LogP contribution in [-0.2, 0) is 6.42 Å². The van der Waals surface area contributed by atoms with Crippen molar-refractivity contribution in [2.45, 2.75) is 18.9 Å². The Morgan fingerprint density at radius 2 is 1.70 bits per heavy atom. The Balaban J connectivity index is 1.94. The van der Waals surface area contributed by atoms with Crippen molar-refractivity contribution < 1.29 is 24.1 Å². The number of ether oxygens (including phenoxy) is 3. The van der Waals surface area contributed by atoms with Gasteiger partial charge in [-0.05, 0) is 59.9 Å². The number of carbonyl (C=O) groups is 1. The van der Waals surface area contributed by atoms with Gasteiger partial charge in [0.15, 0.2) is 17.2 Å². The van der Waals surface area contributed by atoms with Crippen LogP contribution in [0.4, 0.5) is 0 Å². The summed E-state index contributed by atoms with van der Waals surface area (Å²) >= 11 is 0. The van der Waals surface area contributed by atoms with Crippen molar-refractivity contribution in [3.63, 3.8) is 0 Å². The van der Waals surface area contributed by atoms with Crippen LogP contribution in [0.15, 0.2) is 59.4 Å². The molecule has 33 heavy (non-hydrogen) atoms. The normalized spacial score (nSPS) is 14.3. The molecule has 4 rings (SSSR count). The molecule has 2 N–H and O–H groups in total. The molecule has 7 nitrogen and oxygen atoms in total. The van der Waals surface area contributed by atoms with Gasteiger partial charge < -0.3 is 24.6 Å². The van der Waals surface area contributed by atoms with E-state index in [0.29, 0.717) is 46.8 Å². The van der Waals surface area contributed by atoms with Crippen molar-refractivity contribution in [1.29, 1.82) is 0 Å². The monoisotopic (exact) mass is 447 g/mol. The zero-order chi connectivity index (χ0) is 23.5. The fourth-order valence-corrected chi connectivity index (χ4v) is 4.29. The zero-order valence-corrected chi connectivity index (χ0v) is 18.7. The van der Waals surface area contributed by atoms with Gasteiger partial charge in [-0.25, -0.2) is 0 Å². The highest BCUT2D eigenvalue weighted by molar-refractivity contribution is 5.94. The minimum atomic E-state index is -0.530. The minimum absolute atomic E-state index is 0.247. The fourth-order valence-electron chi connectivity index (χ4n) is 4.29. The van der Waals surface area contributed by atoms with Gasteiger partial charge in [0.1, 0.15) is 0 Å². The molecule has 1 atom stereocenters. The Bertz CT molecular complexity index is 1260. The summed E-state index contributed by atoms with van der Waals surface area (Å²) in [5.74, 6) is 0.782. The van der Waals surface area contributed by atoms with Gasteiger partial charge >= 0.3 is 0 Å². The Morgan fingerprint density at radius 3 is 2.36 bits per heavy atom. The average molecular weight is 447 g/mol. The lowest BCUT2D eigenvalue weighted by atomic mass is 9.95. The Hall–Kier alpha value is -4.00. The number of rotatable bonds is 5. The largest absolute Gasteiger partial charge is 0.504 e. The fraction of sp³-hybridized carbons (Fsp3) is 0.231. The molecule has 170 valence electrons. The number of amides is 1. The quantitative estimate of drug-likeness (QED) is 0.617. The van der Waals surface area contributed by atoms with E-state index in [1.807, 2.05) is 12.1 Å². The highest BCUT2D eigenvalue weighted by atomic mass is 16.5. The summed E-state index contributed by atoms with van der Waals surface area (Å²) in [5.41, 5.74) is 2.90. The molecule has 1 amide bonds. The van der Waals surface area contributed by atoms with Gasteiger partial charge in [-0.2, -0.15) is 0 Å². The van der Waals surface area contributed by atoms with Crippen molar-refractivity contribution in [2.24, 2.45) is 0 Å². The lowest BCUT2D eigenvalue weighted by Gasteiger charge is -2.20. The number of benzene rings is 2. The van der Waals surface area contributed by atoms with E-state index in [0.717, 1.165) is 11.1 Å². The van der Waals surface area contributed by atoms with Gasteiger partial charge in [0.05, 0.1) is 27.4 Å². The van der Waals surface area contributed by atoms with Crippen molar-refractivity contribution >= 4 is 5.91 Å². The van der Waals surface area contributed by atoms with Gasteiger partial charge in [-0.3, -0.25) is 9.59 Å². The lowest BCUT2D eigenvalue weighted by Crippen LogP contribution is -2.29. The average Bonchev–Trinajstić information content (AvgIpc) is 3.07. The van der Waals surface area contributed by atoms with Crippen LogP contribution in [-0.4, -0.2) is 32.3 Å². The molecule has 0 saturated heterocycles. The molecular weight excluding hydrogens is 422 g/mol. The standard InChI is InChI=1S/C26H25NO6/c1-31-22-13-16-9-11-19(27-26(30)15-7-5-4-6-8-15)18-14-21(29)20(28)12-10-17(18)23(16)25(33-3)24(22)32-2/h4-8,10,12-14,19H,9,11H2,1-3H3,(H,27,30)(H,28,29). The molecule has 0 radical (unpaired) electrons. The predicted molar refractivity (Wildman–Crippen MR) is 124 cm³/mol. The molecule has 3 aromatic rings. The van der Waals surface area contributed by atoms with Crippen LogP contribution in [0.3, 0.4) is 0 Å². The van der Waals surface area contributed by atoms with E-state index in [-0.39, 0.29) is 11.7 Å². The first-order chi connectivity index (χ1) is 16.0. The number of hydrogen-bond donors (Lipinski definition) is 2. The lowest BCUT2D eigenvalue weighted by molar-refractivity contribution is 0.0935. The Kier molecular flexibility index (Phi) is 6.22. The van der Waals surface area contributed by atoms with Crippen molar-refractivity contribution in [1.82, 2.24) is 5.32 Å². The van der Waals surface area contributed by atoms with Gasteiger partial charge in [0, 0.05) is 11.1 Å². The van der Waals surface area contributed by atoms with Crippen LogP contribution < -0.4 is 25.0 Å². The smallest absolute Gasteiger partial charge is 0.251 e. The molecule has 7 heteroatoms. The second kappa shape index (κ2) is 9.24. The van der Waals surface area contributed by atoms with E-state index in [2.05, 4.69) is 5.32 Å². The third-order valence-electron chi connectivity index (χ3n) is 5.86. The minimum Gasteiger partial charge on any atom is -0.504 e. The number of nitrogens with one attached hydrogen (secondary N) is 1. The molecule has 3 aromatic carbocycles. The van der Waals surface area contributed by atoms with Crippen LogP contribution >= 0.6 is 0 Å². The van der Waals surface area contributed by atoms with E-state index in [1.165, 1.54) is 26.4 Å². The number of methoxy groups -OCH3 is 3. The third-order valence-corrected chi connectivity index (χ3v) is 5.86. The second-order valence-corrected chi connectivity index (χ2v) is 7.71. The molecule has 0 heterocycles. The maximum atomic E-state index is 13.0. The molecule has 1 aliphatic carbocycles. The van der Waals surface area contributed by atoms with Crippen molar-refractivity contribution in [2.75, 3.05) is 21.3 Å². The van der Waals surface area contributed by atoms with Crippen LogP contribution in [0.2, 0.25) is 0 Å². The topological polar surface area (TPSA) is 94.1 Å². The molecule has 0 fully saturated rings. The van der Waals surface area contributed by atoms with Gasteiger partial charge in [0.2, 0.25) is 11.2 Å². The first kappa shape index (κ1) is 22.2. The van der Waals surface area contributed by atoms with E-state index in [9.17, 15) is 14.7 Å². The molecule has 0 aliphatic heterocycles. The SMILES string of the molecule is COc1cc2c(c(OC)c1OC)-c1ccc(O)c(=O)cc1C(NC(=O)c1ccccc1)CC2. The van der Waals surface area contributed by atoms with E-state index in [4.69, 9.17) is 14.2 Å². The van der Waals surface area contributed by atoms with Crippen LogP contribution in [0.25, 0.3) is 11.1 Å². The summed E-state index contributed by atoms with van der Waals surface area (Å²) in [7, 11) is 4.62. The van der Waals surface area contributed by atoms with Gasteiger partial charge in [-0.1, -0.05) is 24.3 Å². The summed E-state index contributed by atoms with van der Waals surface area (Å²) in [6, 6.07) is 14.7. The number of aromatic hydroxyl groups is 1. The van der Waals surface area contributed by atoms with Crippen LogP contribution in [0.1, 0.15) is 33.9 Å². The summed E-state index contributed by atoms with van der Waals surface area (Å²) in [4.78, 5) is 25.5. The number of hydrogen-bond acceptors (Lipinski definition) is 6. The summed E-state index contributed by atoms with van der Waals surface area (Å²) < 4.78 is 16.8. The van der Waals surface area contributed by atoms with Crippen LogP contribution in [0.5, 0.6) is 23.0 Å². The number of fused-ring (bicyclic) bond motifs is 3. The highest BCUT2D eigenvalue weighted by Crippen LogP contribution is 2.50. The predicted octanol–water partition coefficient (Wildman–Crippen LogP) is 3.86. The summed E-state index contributed by atoms with van der Waals surface area (Å²) in [6.07, 6.45) is 1.12. The Morgan fingerprint density at radius 1 is 0.970 bits per heavy atom. The number of carbonyl (C=O) groups excluding carboxylic acids is 1. The third kappa shape index (κ3) is 4.09. The van der Waals surface area contributed by atoms with Crippen molar-refractivity contribution in [3.8, 4) is 34.1 Å². The summed E-state index contributed by atoms with van der Waals surface area (Å²) in [6.45, 7) is 0. The molecular formula is C26H25NO6. The first-order valence-electron chi connectivity index (χ1n) is 10.5. The van der Waals surface area contributed by atoms with E-state index >= 15 is 0 Å². The maximum absolute atomic E-state index is 13.0.